The van der Waals surface area contributed by atoms with Gasteiger partial charge in [0.15, 0.2) is 5.78 Å². The predicted octanol–water partition coefficient (Wildman–Crippen LogP) is 2.74. The summed E-state index contributed by atoms with van der Waals surface area (Å²) >= 11 is 0. The molecule has 0 unspecified atom stereocenters. The van der Waals surface area contributed by atoms with E-state index in [9.17, 15) is 14.7 Å². The van der Waals surface area contributed by atoms with Gasteiger partial charge in [0.1, 0.15) is 5.57 Å². The number of pyridine rings is 1. The van der Waals surface area contributed by atoms with Crippen molar-refractivity contribution in [2.75, 3.05) is 0 Å². The number of Topliss-reactive ketones (excluding diaryl/α,β-unsaturated/α-hetero) is 1. The normalized spacial score (nSPS) is 11.2. The summed E-state index contributed by atoms with van der Waals surface area (Å²) < 4.78 is 0. The van der Waals surface area contributed by atoms with Crippen LogP contribution in [0.3, 0.4) is 0 Å². The summed E-state index contributed by atoms with van der Waals surface area (Å²) in [6.07, 6.45) is 2.94. The molecule has 20 heavy (non-hydrogen) atoms. The van der Waals surface area contributed by atoms with Crippen molar-refractivity contribution in [3.05, 3.63) is 71.1 Å². The molecule has 0 radical (unpaired) electrons. The summed E-state index contributed by atoms with van der Waals surface area (Å²) in [5, 5.41) is 9.23. The maximum Gasteiger partial charge on any atom is 0.339 e. The minimum Gasteiger partial charge on any atom is -0.478 e. The van der Waals surface area contributed by atoms with Crippen LogP contribution in [0, 0.1) is 6.92 Å². The Bertz CT molecular complexity index is 675. The highest BCUT2D eigenvalue weighted by atomic mass is 16.4. The van der Waals surface area contributed by atoms with Gasteiger partial charge in [-0.15, -0.1) is 0 Å². The maximum atomic E-state index is 12.2. The molecular weight excluding hydrogens is 254 g/mol. The Balaban J connectivity index is 2.42. The van der Waals surface area contributed by atoms with Crippen molar-refractivity contribution in [2.45, 2.75) is 6.92 Å². The Hall–Kier alpha value is -2.75. The third kappa shape index (κ3) is 3.17. The van der Waals surface area contributed by atoms with Crippen LogP contribution in [0.15, 0.2) is 54.2 Å². The lowest BCUT2D eigenvalue weighted by Crippen LogP contribution is -2.12. The van der Waals surface area contributed by atoms with Crippen molar-refractivity contribution in [3.63, 3.8) is 0 Å². The van der Waals surface area contributed by atoms with Crippen LogP contribution in [-0.2, 0) is 4.79 Å². The van der Waals surface area contributed by atoms with E-state index in [2.05, 4.69) is 4.98 Å². The van der Waals surface area contributed by atoms with Gasteiger partial charge < -0.3 is 5.11 Å². The van der Waals surface area contributed by atoms with Gasteiger partial charge in [-0.05, 0) is 30.7 Å². The fourth-order valence-corrected chi connectivity index (χ4v) is 1.79. The quantitative estimate of drug-likeness (QED) is 0.400. The lowest BCUT2D eigenvalue weighted by atomic mass is 10.0. The number of aliphatic carboxylic acids is 1. The molecule has 0 spiro atoms. The number of carbonyl (C=O) groups is 2. The standard InChI is InChI=1S/C16H13NO3/c1-11-9-12(7-8-17-11)10-14(16(19)20)15(18)13-5-3-2-4-6-13/h2-10H,1H3,(H,19,20)/b14-10-. The second kappa shape index (κ2) is 5.93. The number of aryl methyl sites for hydroxylation is 1. The summed E-state index contributed by atoms with van der Waals surface area (Å²) in [5.74, 6) is -1.75. The van der Waals surface area contributed by atoms with Crippen LogP contribution in [-0.4, -0.2) is 21.8 Å². The Morgan fingerprint density at radius 2 is 1.85 bits per heavy atom. The van der Waals surface area contributed by atoms with Gasteiger partial charge in [-0.3, -0.25) is 9.78 Å². The van der Waals surface area contributed by atoms with E-state index in [0.717, 1.165) is 5.69 Å². The van der Waals surface area contributed by atoms with Crippen LogP contribution >= 0.6 is 0 Å². The monoisotopic (exact) mass is 267 g/mol. The number of hydrogen-bond acceptors (Lipinski definition) is 3. The minimum absolute atomic E-state index is 0.262. The van der Waals surface area contributed by atoms with E-state index < -0.39 is 11.8 Å². The zero-order valence-electron chi connectivity index (χ0n) is 10.9. The molecule has 0 aliphatic rings. The van der Waals surface area contributed by atoms with Crippen molar-refractivity contribution in [1.29, 1.82) is 0 Å². The summed E-state index contributed by atoms with van der Waals surface area (Å²) in [6, 6.07) is 11.7. The smallest absolute Gasteiger partial charge is 0.339 e. The van der Waals surface area contributed by atoms with Crippen LogP contribution in [0.4, 0.5) is 0 Å². The Morgan fingerprint density at radius 3 is 2.45 bits per heavy atom. The largest absolute Gasteiger partial charge is 0.478 e. The predicted molar refractivity (Wildman–Crippen MR) is 75.4 cm³/mol. The molecule has 0 atom stereocenters. The van der Waals surface area contributed by atoms with Gasteiger partial charge >= 0.3 is 5.97 Å². The summed E-state index contributed by atoms with van der Waals surface area (Å²) in [7, 11) is 0. The fourth-order valence-electron chi connectivity index (χ4n) is 1.79. The van der Waals surface area contributed by atoms with E-state index in [1.807, 2.05) is 0 Å². The third-order valence-corrected chi connectivity index (χ3v) is 2.74. The Labute approximate surface area is 116 Å². The van der Waals surface area contributed by atoms with Gasteiger partial charge in [-0.1, -0.05) is 30.3 Å². The number of nitrogens with zero attached hydrogens (tertiary/aromatic N) is 1. The van der Waals surface area contributed by atoms with Crippen molar-refractivity contribution >= 4 is 17.8 Å². The van der Waals surface area contributed by atoms with E-state index in [4.69, 9.17) is 0 Å². The number of ketones is 1. The van der Waals surface area contributed by atoms with Gasteiger partial charge in [-0.2, -0.15) is 0 Å². The number of rotatable bonds is 4. The zero-order chi connectivity index (χ0) is 14.5. The van der Waals surface area contributed by atoms with Crippen molar-refractivity contribution < 1.29 is 14.7 Å². The fraction of sp³-hybridized carbons (Fsp3) is 0.0625. The number of carbonyl (C=O) groups excluding carboxylic acids is 1. The summed E-state index contributed by atoms with van der Waals surface area (Å²) in [6.45, 7) is 1.80. The first kappa shape index (κ1) is 13.7. The number of carboxylic acids is 1. The summed E-state index contributed by atoms with van der Waals surface area (Å²) in [4.78, 5) is 27.5. The molecule has 2 rings (SSSR count). The molecule has 100 valence electrons. The van der Waals surface area contributed by atoms with Gasteiger partial charge in [0.2, 0.25) is 0 Å². The van der Waals surface area contributed by atoms with Crippen LogP contribution in [0.2, 0.25) is 0 Å². The molecule has 1 heterocycles. The molecular formula is C16H13NO3. The van der Waals surface area contributed by atoms with Crippen LogP contribution < -0.4 is 0 Å². The average molecular weight is 267 g/mol. The highest BCUT2D eigenvalue weighted by molar-refractivity contribution is 6.26. The zero-order valence-corrected chi connectivity index (χ0v) is 10.9. The van der Waals surface area contributed by atoms with Crippen molar-refractivity contribution in [2.24, 2.45) is 0 Å². The van der Waals surface area contributed by atoms with E-state index in [1.165, 1.54) is 6.08 Å². The topological polar surface area (TPSA) is 67.3 Å². The maximum absolute atomic E-state index is 12.2. The molecule has 4 nitrogen and oxygen atoms in total. The molecule has 0 fully saturated rings. The molecule has 0 saturated carbocycles. The number of hydrogen-bond donors (Lipinski definition) is 1. The molecule has 2 aromatic rings. The molecule has 0 saturated heterocycles. The molecule has 0 aliphatic heterocycles. The van der Waals surface area contributed by atoms with Crippen LogP contribution in [0.5, 0.6) is 0 Å². The highest BCUT2D eigenvalue weighted by Gasteiger charge is 2.18. The molecule has 1 aromatic heterocycles. The van der Waals surface area contributed by atoms with Gasteiger partial charge in [0.05, 0.1) is 0 Å². The Kier molecular flexibility index (Phi) is 4.05. The first-order valence-electron chi connectivity index (χ1n) is 6.05. The first-order valence-corrected chi connectivity index (χ1v) is 6.05. The molecule has 1 aromatic carbocycles. The second-order valence-corrected chi connectivity index (χ2v) is 4.29. The van der Waals surface area contributed by atoms with Crippen LogP contribution in [0.1, 0.15) is 21.6 Å². The van der Waals surface area contributed by atoms with E-state index in [0.29, 0.717) is 11.1 Å². The average Bonchev–Trinajstić information content (AvgIpc) is 2.45. The SMILES string of the molecule is Cc1cc(/C=C(\C(=O)O)C(=O)c2ccccc2)ccn1. The molecule has 0 amide bonds. The Morgan fingerprint density at radius 1 is 1.15 bits per heavy atom. The lowest BCUT2D eigenvalue weighted by molar-refractivity contribution is -0.132. The minimum atomic E-state index is -1.24. The highest BCUT2D eigenvalue weighted by Crippen LogP contribution is 2.13. The second-order valence-electron chi connectivity index (χ2n) is 4.29. The summed E-state index contributed by atoms with van der Waals surface area (Å²) in [5.41, 5.74) is 1.49. The molecule has 1 N–H and O–H groups in total. The molecule has 0 bridgehead atoms. The first-order chi connectivity index (χ1) is 9.58. The van der Waals surface area contributed by atoms with Crippen molar-refractivity contribution in [3.8, 4) is 0 Å². The van der Waals surface area contributed by atoms with Crippen LogP contribution in [0.25, 0.3) is 6.08 Å². The number of carboxylic acid groups (broad SMARTS) is 1. The number of benzene rings is 1. The van der Waals surface area contributed by atoms with E-state index in [1.54, 1.807) is 55.6 Å². The van der Waals surface area contributed by atoms with Gasteiger partial charge in [0.25, 0.3) is 0 Å². The third-order valence-electron chi connectivity index (χ3n) is 2.74. The number of aromatic nitrogens is 1. The van der Waals surface area contributed by atoms with Crippen molar-refractivity contribution in [1.82, 2.24) is 4.98 Å². The van der Waals surface area contributed by atoms with Gasteiger partial charge in [-0.25, -0.2) is 4.79 Å². The van der Waals surface area contributed by atoms with Gasteiger partial charge in [0, 0.05) is 17.5 Å². The molecule has 4 heteroatoms. The lowest BCUT2D eigenvalue weighted by Gasteiger charge is -2.03. The van der Waals surface area contributed by atoms with E-state index in [-0.39, 0.29) is 5.57 Å². The van der Waals surface area contributed by atoms with E-state index >= 15 is 0 Å². The molecule has 0 aliphatic carbocycles.